The van der Waals surface area contributed by atoms with Gasteiger partial charge in [0.25, 0.3) is 0 Å². The lowest BCUT2D eigenvalue weighted by Gasteiger charge is -2.38. The van der Waals surface area contributed by atoms with Crippen LogP contribution >= 0.6 is 23.4 Å². The van der Waals surface area contributed by atoms with E-state index in [1.165, 1.54) is 11.3 Å². The summed E-state index contributed by atoms with van der Waals surface area (Å²) in [5.41, 5.74) is 2.33. The van der Waals surface area contributed by atoms with Gasteiger partial charge in [0.2, 0.25) is 0 Å². The summed E-state index contributed by atoms with van der Waals surface area (Å²) in [6.45, 7) is 2.90. The highest BCUT2D eigenvalue weighted by molar-refractivity contribution is 7.99. The van der Waals surface area contributed by atoms with Crippen molar-refractivity contribution in [3.05, 3.63) is 29.3 Å². The van der Waals surface area contributed by atoms with E-state index in [1.807, 2.05) is 17.8 Å². The maximum absolute atomic E-state index is 6.32. The minimum absolute atomic E-state index is 0.0669. The predicted octanol–water partition coefficient (Wildman–Crippen LogP) is 4.17. The summed E-state index contributed by atoms with van der Waals surface area (Å²) in [4.78, 5) is 0. The molecule has 0 bridgehead atoms. The molecule has 2 unspecified atom stereocenters. The second-order valence-electron chi connectivity index (χ2n) is 5.76. The van der Waals surface area contributed by atoms with Crippen LogP contribution in [0.1, 0.15) is 30.4 Å². The number of aryl methyl sites for hydroxylation is 1. The maximum atomic E-state index is 6.32. The minimum atomic E-state index is 0.0669. The van der Waals surface area contributed by atoms with Crippen LogP contribution in [-0.4, -0.2) is 29.8 Å². The second-order valence-corrected chi connectivity index (χ2v) is 7.14. The molecule has 3 rings (SSSR count). The first-order valence-corrected chi connectivity index (χ1v) is 8.94. The normalized spacial score (nSPS) is 29.8. The fourth-order valence-electron chi connectivity index (χ4n) is 3.10. The van der Waals surface area contributed by atoms with Crippen LogP contribution in [0.15, 0.2) is 18.2 Å². The fraction of sp³-hybridized carbons (Fsp3) is 0.625. The van der Waals surface area contributed by atoms with Gasteiger partial charge in [0, 0.05) is 24.2 Å². The number of ether oxygens (including phenoxy) is 2. The summed E-state index contributed by atoms with van der Waals surface area (Å²) in [6.07, 6.45) is 3.40. The number of hydrogen-bond acceptors (Lipinski definition) is 3. The quantitative estimate of drug-likeness (QED) is 0.781. The van der Waals surface area contributed by atoms with E-state index in [9.17, 15) is 0 Å². The van der Waals surface area contributed by atoms with E-state index < -0.39 is 0 Å². The number of halogens is 1. The summed E-state index contributed by atoms with van der Waals surface area (Å²) < 4.78 is 12.4. The lowest BCUT2D eigenvalue weighted by atomic mass is 9.91. The average Bonchev–Trinajstić information content (AvgIpc) is 2.89. The van der Waals surface area contributed by atoms with E-state index in [0.29, 0.717) is 5.88 Å². The van der Waals surface area contributed by atoms with Gasteiger partial charge in [0.05, 0.1) is 18.1 Å². The molecular formula is C16H21ClO2S. The highest BCUT2D eigenvalue weighted by Gasteiger charge is 2.41. The third kappa shape index (κ3) is 2.95. The van der Waals surface area contributed by atoms with Crippen molar-refractivity contribution in [1.82, 2.24) is 0 Å². The molecule has 0 aliphatic carbocycles. The molecule has 2 heterocycles. The number of thioether (sulfide) groups is 1. The smallest absolute Gasteiger partial charge is 0.127 e. The Balaban J connectivity index is 1.74. The summed E-state index contributed by atoms with van der Waals surface area (Å²) in [5.74, 6) is 3.81. The molecule has 1 spiro atoms. The molecule has 110 valence electrons. The van der Waals surface area contributed by atoms with Crippen LogP contribution in [0.3, 0.4) is 0 Å². The third-order valence-electron chi connectivity index (χ3n) is 4.24. The van der Waals surface area contributed by atoms with Crippen LogP contribution in [0.2, 0.25) is 0 Å². The van der Waals surface area contributed by atoms with E-state index >= 15 is 0 Å². The molecule has 1 aromatic carbocycles. The Hall–Kier alpha value is -0.380. The molecule has 2 aliphatic rings. The number of alkyl halides is 1. The van der Waals surface area contributed by atoms with Crippen molar-refractivity contribution in [2.24, 2.45) is 0 Å². The second kappa shape index (κ2) is 6.17. The van der Waals surface area contributed by atoms with E-state index in [1.54, 1.807) is 0 Å². The van der Waals surface area contributed by atoms with Gasteiger partial charge in [-0.3, -0.25) is 0 Å². The van der Waals surface area contributed by atoms with Crippen molar-refractivity contribution in [2.75, 3.05) is 18.1 Å². The van der Waals surface area contributed by atoms with Gasteiger partial charge in [0.1, 0.15) is 11.9 Å². The number of para-hydroxylation sites is 1. The molecule has 4 heteroatoms. The first-order chi connectivity index (χ1) is 9.72. The molecule has 0 amide bonds. The molecule has 20 heavy (non-hydrogen) atoms. The Morgan fingerprint density at radius 1 is 1.50 bits per heavy atom. The van der Waals surface area contributed by atoms with Crippen LogP contribution < -0.4 is 4.74 Å². The average molecular weight is 313 g/mol. The Labute approximate surface area is 130 Å². The van der Waals surface area contributed by atoms with Crippen molar-refractivity contribution in [2.45, 2.75) is 43.8 Å². The SMILES string of the molecule is Cc1cccc(CCl)c1OC1CCOC2(CCSC2)C1. The number of rotatable bonds is 3. The van der Waals surface area contributed by atoms with Crippen molar-refractivity contribution in [3.8, 4) is 5.75 Å². The molecule has 0 saturated carbocycles. The van der Waals surface area contributed by atoms with E-state index in [-0.39, 0.29) is 11.7 Å². The maximum Gasteiger partial charge on any atom is 0.127 e. The molecular weight excluding hydrogens is 292 g/mol. The van der Waals surface area contributed by atoms with Crippen molar-refractivity contribution in [3.63, 3.8) is 0 Å². The molecule has 0 N–H and O–H groups in total. The predicted molar refractivity (Wildman–Crippen MR) is 85.0 cm³/mol. The Bertz CT molecular complexity index is 472. The van der Waals surface area contributed by atoms with E-state index in [2.05, 4.69) is 19.1 Å². The summed E-state index contributed by atoms with van der Waals surface area (Å²) >= 11 is 8.03. The molecule has 0 radical (unpaired) electrons. The summed E-state index contributed by atoms with van der Waals surface area (Å²) in [7, 11) is 0. The van der Waals surface area contributed by atoms with Gasteiger partial charge >= 0.3 is 0 Å². The first-order valence-electron chi connectivity index (χ1n) is 7.25. The van der Waals surface area contributed by atoms with Gasteiger partial charge in [-0.15, -0.1) is 11.6 Å². The van der Waals surface area contributed by atoms with Crippen LogP contribution in [0.5, 0.6) is 5.75 Å². The third-order valence-corrected chi connectivity index (χ3v) is 5.75. The molecule has 2 saturated heterocycles. The van der Waals surface area contributed by atoms with Gasteiger partial charge in [-0.2, -0.15) is 11.8 Å². The van der Waals surface area contributed by atoms with Crippen molar-refractivity contribution < 1.29 is 9.47 Å². The molecule has 2 atom stereocenters. The lowest BCUT2D eigenvalue weighted by Crippen LogP contribution is -2.44. The Kier molecular flexibility index (Phi) is 4.49. The standard InChI is InChI=1S/C16H21ClO2S/c1-12-3-2-4-13(10-17)15(12)19-14-5-7-18-16(9-14)6-8-20-11-16/h2-4,14H,5-11H2,1H3. The largest absolute Gasteiger partial charge is 0.490 e. The van der Waals surface area contributed by atoms with Gasteiger partial charge in [0.15, 0.2) is 0 Å². The topological polar surface area (TPSA) is 18.5 Å². The van der Waals surface area contributed by atoms with Crippen molar-refractivity contribution >= 4 is 23.4 Å². The van der Waals surface area contributed by atoms with Gasteiger partial charge < -0.3 is 9.47 Å². The highest BCUT2D eigenvalue weighted by Crippen LogP contribution is 2.40. The zero-order valence-corrected chi connectivity index (χ0v) is 13.4. The monoisotopic (exact) mass is 312 g/mol. The summed E-state index contributed by atoms with van der Waals surface area (Å²) in [6, 6.07) is 6.18. The van der Waals surface area contributed by atoms with Gasteiger partial charge in [-0.25, -0.2) is 0 Å². The number of hydrogen-bond donors (Lipinski definition) is 0. The van der Waals surface area contributed by atoms with Crippen LogP contribution in [0.25, 0.3) is 0 Å². The Morgan fingerprint density at radius 2 is 2.40 bits per heavy atom. The Morgan fingerprint density at radius 3 is 3.15 bits per heavy atom. The van der Waals surface area contributed by atoms with E-state index in [0.717, 1.165) is 42.9 Å². The number of benzene rings is 1. The highest BCUT2D eigenvalue weighted by atomic mass is 35.5. The fourth-order valence-corrected chi connectivity index (χ4v) is 4.69. The molecule has 2 nitrogen and oxygen atoms in total. The minimum Gasteiger partial charge on any atom is -0.490 e. The molecule has 1 aromatic rings. The lowest BCUT2D eigenvalue weighted by molar-refractivity contribution is -0.0961. The molecule has 2 aliphatic heterocycles. The van der Waals surface area contributed by atoms with Crippen molar-refractivity contribution in [1.29, 1.82) is 0 Å². The van der Waals surface area contributed by atoms with E-state index in [4.69, 9.17) is 21.1 Å². The molecule has 0 aromatic heterocycles. The van der Waals surface area contributed by atoms with Crippen LogP contribution in [0.4, 0.5) is 0 Å². The summed E-state index contributed by atoms with van der Waals surface area (Å²) in [5, 5.41) is 0. The zero-order valence-electron chi connectivity index (χ0n) is 11.9. The zero-order chi connectivity index (χ0) is 14.0. The van der Waals surface area contributed by atoms with Gasteiger partial charge in [-0.1, -0.05) is 18.2 Å². The van der Waals surface area contributed by atoms with Gasteiger partial charge in [-0.05, 0) is 24.7 Å². The first kappa shape index (κ1) is 14.6. The van der Waals surface area contributed by atoms with Crippen LogP contribution in [-0.2, 0) is 10.6 Å². The van der Waals surface area contributed by atoms with Crippen LogP contribution in [0, 0.1) is 6.92 Å². The molecule has 2 fully saturated rings.